The SMILES string of the molecule is c1ccc(-n2c(-c3cccc(-n4c5ccccc5c5ccccc54)n3)nnc2-c2cccc(-n3c4ccccc4c4ccccc43)n2)cc1. The summed E-state index contributed by atoms with van der Waals surface area (Å²) in [5.41, 5.74) is 6.75. The Morgan fingerprint density at radius 3 is 1.08 bits per heavy atom. The highest BCUT2D eigenvalue weighted by atomic mass is 15.3. The molecule has 0 aliphatic carbocycles. The summed E-state index contributed by atoms with van der Waals surface area (Å²) in [4.78, 5) is 10.4. The first-order valence-electron chi connectivity index (χ1n) is 16.3. The van der Waals surface area contributed by atoms with E-state index in [1.807, 2.05) is 54.6 Å². The molecule has 5 aromatic carbocycles. The predicted molar refractivity (Wildman–Crippen MR) is 196 cm³/mol. The van der Waals surface area contributed by atoms with E-state index in [0.29, 0.717) is 23.0 Å². The van der Waals surface area contributed by atoms with Crippen LogP contribution in [0.5, 0.6) is 0 Å². The van der Waals surface area contributed by atoms with Crippen LogP contribution in [0.2, 0.25) is 0 Å². The summed E-state index contributed by atoms with van der Waals surface area (Å²) in [7, 11) is 0. The molecule has 0 radical (unpaired) electrons. The van der Waals surface area contributed by atoms with Crippen molar-refractivity contribution in [2.75, 3.05) is 0 Å². The summed E-state index contributed by atoms with van der Waals surface area (Å²) in [6.07, 6.45) is 0. The molecular formula is C42H27N7. The molecule has 0 saturated carbocycles. The molecule has 0 saturated heterocycles. The summed E-state index contributed by atoms with van der Waals surface area (Å²) < 4.78 is 6.49. The molecule has 0 spiro atoms. The topological polar surface area (TPSA) is 66.3 Å². The molecule has 5 heterocycles. The second-order valence-corrected chi connectivity index (χ2v) is 12.0. The van der Waals surface area contributed by atoms with Gasteiger partial charge in [-0.1, -0.05) is 103 Å². The predicted octanol–water partition coefficient (Wildman–Crippen LogP) is 9.59. The van der Waals surface area contributed by atoms with Crippen molar-refractivity contribution in [2.45, 2.75) is 0 Å². The number of aromatic nitrogens is 7. The normalized spacial score (nSPS) is 11.7. The smallest absolute Gasteiger partial charge is 0.187 e. The third-order valence-electron chi connectivity index (χ3n) is 9.22. The van der Waals surface area contributed by atoms with Crippen LogP contribution in [-0.4, -0.2) is 33.9 Å². The summed E-state index contributed by atoms with van der Waals surface area (Å²) >= 11 is 0. The number of rotatable bonds is 5. The molecule has 0 aliphatic heterocycles. The van der Waals surface area contributed by atoms with Crippen LogP contribution in [0.4, 0.5) is 0 Å². The van der Waals surface area contributed by atoms with Gasteiger partial charge in [-0.15, -0.1) is 10.2 Å². The fourth-order valence-electron chi connectivity index (χ4n) is 7.12. The molecule has 0 fully saturated rings. The lowest BCUT2D eigenvalue weighted by molar-refractivity contribution is 1.02. The monoisotopic (exact) mass is 629 g/mol. The lowest BCUT2D eigenvalue weighted by Gasteiger charge is -2.13. The van der Waals surface area contributed by atoms with Gasteiger partial charge < -0.3 is 0 Å². The molecular weight excluding hydrogens is 603 g/mol. The average Bonchev–Trinajstić information content (AvgIpc) is 3.86. The van der Waals surface area contributed by atoms with Gasteiger partial charge in [-0.2, -0.15) is 0 Å². The van der Waals surface area contributed by atoms with Gasteiger partial charge in [0.2, 0.25) is 0 Å². The number of para-hydroxylation sites is 5. The van der Waals surface area contributed by atoms with Gasteiger partial charge in [0.15, 0.2) is 11.6 Å². The minimum atomic E-state index is 0.632. The van der Waals surface area contributed by atoms with Gasteiger partial charge in [-0.25, -0.2) is 9.97 Å². The first-order chi connectivity index (χ1) is 24.3. The van der Waals surface area contributed by atoms with Gasteiger partial charge in [0.25, 0.3) is 0 Å². The highest BCUT2D eigenvalue weighted by molar-refractivity contribution is 6.10. The maximum absolute atomic E-state index is 5.22. The number of hydrogen-bond donors (Lipinski definition) is 0. The van der Waals surface area contributed by atoms with Crippen molar-refractivity contribution in [3.63, 3.8) is 0 Å². The van der Waals surface area contributed by atoms with E-state index >= 15 is 0 Å². The van der Waals surface area contributed by atoms with Gasteiger partial charge in [-0.05, 0) is 60.7 Å². The third kappa shape index (κ3) is 4.22. The molecule has 0 unspecified atom stereocenters. The van der Waals surface area contributed by atoms with Gasteiger partial charge >= 0.3 is 0 Å². The Bertz CT molecular complexity index is 2560. The highest BCUT2D eigenvalue weighted by Gasteiger charge is 2.21. The Morgan fingerprint density at radius 2 is 0.673 bits per heavy atom. The highest BCUT2D eigenvalue weighted by Crippen LogP contribution is 2.34. The summed E-state index contributed by atoms with van der Waals surface area (Å²) in [5, 5.41) is 14.3. The number of hydrogen-bond acceptors (Lipinski definition) is 4. The Kier molecular flexibility index (Phi) is 6.04. The molecule has 0 amide bonds. The van der Waals surface area contributed by atoms with Crippen LogP contribution in [0.15, 0.2) is 164 Å². The minimum Gasteiger partial charge on any atom is -0.294 e. The zero-order valence-corrected chi connectivity index (χ0v) is 26.2. The van der Waals surface area contributed by atoms with Crippen molar-refractivity contribution in [1.29, 1.82) is 0 Å². The van der Waals surface area contributed by atoms with Crippen LogP contribution in [0.1, 0.15) is 0 Å². The Labute approximate surface area is 281 Å². The Balaban J connectivity index is 1.16. The first-order valence-corrected chi connectivity index (χ1v) is 16.3. The second-order valence-electron chi connectivity index (χ2n) is 12.0. The quantitative estimate of drug-likeness (QED) is 0.190. The molecule has 230 valence electrons. The zero-order chi connectivity index (χ0) is 32.3. The van der Waals surface area contributed by atoms with E-state index in [9.17, 15) is 0 Å². The fraction of sp³-hybridized carbons (Fsp3) is 0. The maximum Gasteiger partial charge on any atom is 0.187 e. The molecule has 0 bridgehead atoms. The molecule has 0 aliphatic rings. The molecule has 7 nitrogen and oxygen atoms in total. The third-order valence-corrected chi connectivity index (χ3v) is 9.22. The van der Waals surface area contributed by atoms with E-state index in [1.54, 1.807) is 0 Å². The molecule has 7 heteroatoms. The first kappa shape index (κ1) is 27.3. The standard InChI is InChI=1S/C42H27N7/c1-2-14-28(15-3-1)47-41(33-20-12-26-39(43-33)48-35-22-8-4-16-29(35)30-17-5-9-23-36(30)48)45-46-42(47)34-21-13-27-40(44-34)49-37-24-10-6-18-31(37)32-19-7-11-25-38(32)49/h1-27H. The molecule has 10 aromatic rings. The van der Waals surface area contributed by atoms with Crippen molar-refractivity contribution < 1.29 is 0 Å². The van der Waals surface area contributed by atoms with Crippen LogP contribution in [0.3, 0.4) is 0 Å². The van der Waals surface area contributed by atoms with E-state index in [-0.39, 0.29) is 0 Å². The minimum absolute atomic E-state index is 0.632. The number of benzene rings is 5. The van der Waals surface area contributed by atoms with Crippen molar-refractivity contribution in [3.05, 3.63) is 164 Å². The Morgan fingerprint density at radius 1 is 0.306 bits per heavy atom. The molecule has 5 aromatic heterocycles. The van der Waals surface area contributed by atoms with Crippen molar-refractivity contribution in [3.8, 4) is 40.4 Å². The average molecular weight is 630 g/mol. The molecule has 0 atom stereocenters. The maximum atomic E-state index is 5.22. The summed E-state index contributed by atoms with van der Waals surface area (Å²) in [6, 6.07) is 56.1. The van der Waals surface area contributed by atoms with Gasteiger partial charge in [0.1, 0.15) is 23.0 Å². The van der Waals surface area contributed by atoms with Crippen LogP contribution in [0.25, 0.3) is 84.0 Å². The van der Waals surface area contributed by atoms with E-state index in [1.165, 1.54) is 21.5 Å². The van der Waals surface area contributed by atoms with E-state index in [0.717, 1.165) is 39.4 Å². The number of nitrogens with zero attached hydrogens (tertiary/aromatic N) is 7. The van der Waals surface area contributed by atoms with E-state index in [4.69, 9.17) is 20.2 Å². The number of fused-ring (bicyclic) bond motifs is 6. The van der Waals surface area contributed by atoms with Crippen molar-refractivity contribution >= 4 is 43.6 Å². The molecule has 49 heavy (non-hydrogen) atoms. The zero-order valence-electron chi connectivity index (χ0n) is 26.2. The number of pyridine rings is 2. The fourth-order valence-corrected chi connectivity index (χ4v) is 7.12. The van der Waals surface area contributed by atoms with Gasteiger partial charge in [0, 0.05) is 27.2 Å². The van der Waals surface area contributed by atoms with E-state index < -0.39 is 0 Å². The summed E-state index contributed by atoms with van der Waals surface area (Å²) in [5.74, 6) is 2.89. The van der Waals surface area contributed by atoms with Crippen LogP contribution in [-0.2, 0) is 0 Å². The van der Waals surface area contributed by atoms with E-state index in [2.05, 4.69) is 123 Å². The van der Waals surface area contributed by atoms with Crippen molar-refractivity contribution in [2.24, 2.45) is 0 Å². The van der Waals surface area contributed by atoms with Crippen LogP contribution < -0.4 is 0 Å². The van der Waals surface area contributed by atoms with Crippen LogP contribution >= 0.6 is 0 Å². The Hall–Kier alpha value is -6.86. The largest absolute Gasteiger partial charge is 0.294 e. The lowest BCUT2D eigenvalue weighted by Crippen LogP contribution is -2.05. The van der Waals surface area contributed by atoms with Gasteiger partial charge in [0.05, 0.1) is 22.1 Å². The molecule has 0 N–H and O–H groups in total. The second kappa shape index (κ2) is 10.9. The van der Waals surface area contributed by atoms with Gasteiger partial charge in [-0.3, -0.25) is 13.7 Å². The lowest BCUT2D eigenvalue weighted by atomic mass is 10.2. The summed E-state index contributed by atoms with van der Waals surface area (Å²) in [6.45, 7) is 0. The van der Waals surface area contributed by atoms with Crippen molar-refractivity contribution in [1.82, 2.24) is 33.9 Å². The van der Waals surface area contributed by atoms with Crippen LogP contribution in [0, 0.1) is 0 Å². The molecule has 10 rings (SSSR count).